The van der Waals surface area contributed by atoms with Gasteiger partial charge in [0.1, 0.15) is 4.70 Å². The number of nitrogens with zero attached hydrogens (tertiary/aromatic N) is 2. The quantitative estimate of drug-likeness (QED) is 0.530. The van der Waals surface area contributed by atoms with Gasteiger partial charge in [0.25, 0.3) is 5.56 Å². The maximum atomic E-state index is 12.9. The number of carbonyl (C=O) groups is 1. The summed E-state index contributed by atoms with van der Waals surface area (Å²) >= 11 is 8.66. The van der Waals surface area contributed by atoms with Gasteiger partial charge in [-0.2, -0.15) is 0 Å². The van der Waals surface area contributed by atoms with Crippen LogP contribution in [0.5, 0.6) is 0 Å². The van der Waals surface area contributed by atoms with Crippen LogP contribution in [-0.2, 0) is 4.79 Å². The van der Waals surface area contributed by atoms with Crippen molar-refractivity contribution in [3.63, 3.8) is 0 Å². The molecule has 1 N–H and O–H groups in total. The topological polar surface area (TPSA) is 64.0 Å². The number of rotatable bonds is 5. The van der Waals surface area contributed by atoms with E-state index in [1.807, 2.05) is 25.3 Å². The summed E-state index contributed by atoms with van der Waals surface area (Å²) in [6, 6.07) is 8.91. The van der Waals surface area contributed by atoms with Crippen LogP contribution in [0.25, 0.3) is 15.9 Å². The number of thiophene rings is 1. The van der Waals surface area contributed by atoms with E-state index in [1.54, 1.807) is 24.3 Å². The van der Waals surface area contributed by atoms with E-state index in [0.29, 0.717) is 26.1 Å². The fraction of sp³-hybridized carbons (Fsp3) is 0.235. The molecule has 1 amide bonds. The molecule has 0 fully saturated rings. The second-order valence-electron chi connectivity index (χ2n) is 5.66. The van der Waals surface area contributed by atoms with Gasteiger partial charge in [0.05, 0.1) is 17.0 Å². The number of carbonyl (C=O) groups excluding carboxylic acids is 1. The number of thioether (sulfide) groups is 1. The van der Waals surface area contributed by atoms with Gasteiger partial charge in [-0.25, -0.2) is 4.98 Å². The lowest BCUT2D eigenvalue weighted by molar-refractivity contribution is -0.119. The molecule has 2 aromatic heterocycles. The number of fused-ring (bicyclic) bond motifs is 1. The lowest BCUT2D eigenvalue weighted by atomic mass is 10.3. The van der Waals surface area contributed by atoms with Gasteiger partial charge in [-0.1, -0.05) is 29.4 Å². The van der Waals surface area contributed by atoms with Gasteiger partial charge in [-0.15, -0.1) is 11.3 Å². The summed E-state index contributed by atoms with van der Waals surface area (Å²) in [7, 11) is 0. The lowest BCUT2D eigenvalue weighted by Gasteiger charge is -2.13. The highest BCUT2D eigenvalue weighted by molar-refractivity contribution is 7.99. The van der Waals surface area contributed by atoms with Crippen LogP contribution in [0.15, 0.2) is 45.7 Å². The highest BCUT2D eigenvalue weighted by atomic mass is 35.5. The molecule has 0 radical (unpaired) electrons. The zero-order chi connectivity index (χ0) is 18.0. The number of hydrogen-bond acceptors (Lipinski definition) is 5. The van der Waals surface area contributed by atoms with E-state index in [1.165, 1.54) is 27.7 Å². The van der Waals surface area contributed by atoms with Crippen molar-refractivity contribution in [2.45, 2.75) is 25.0 Å². The van der Waals surface area contributed by atoms with Crippen molar-refractivity contribution >= 4 is 50.8 Å². The molecule has 2 heterocycles. The molecule has 3 rings (SSSR count). The molecule has 0 aliphatic heterocycles. The Morgan fingerprint density at radius 2 is 2.20 bits per heavy atom. The molecule has 0 aliphatic rings. The van der Waals surface area contributed by atoms with Gasteiger partial charge in [0.2, 0.25) is 5.91 Å². The predicted octanol–water partition coefficient (Wildman–Crippen LogP) is 3.72. The standard InChI is InChI=1S/C17H16ClN3O2S2/c1-10(2)19-14(22)9-25-17-20-13-6-7-24-15(13)16(23)21(17)12-5-3-4-11(18)8-12/h3-8,10H,9H2,1-2H3,(H,19,22). The first-order chi connectivity index (χ1) is 12.0. The first-order valence-electron chi connectivity index (χ1n) is 7.64. The molecule has 8 heteroatoms. The molecule has 0 atom stereocenters. The predicted molar refractivity (Wildman–Crippen MR) is 104 cm³/mol. The third kappa shape index (κ3) is 4.05. The molecule has 130 valence electrons. The second-order valence-corrected chi connectivity index (χ2v) is 7.96. The van der Waals surface area contributed by atoms with Crippen LogP contribution in [-0.4, -0.2) is 27.3 Å². The minimum atomic E-state index is -0.158. The monoisotopic (exact) mass is 393 g/mol. The van der Waals surface area contributed by atoms with Crippen LogP contribution in [0.4, 0.5) is 0 Å². The minimum absolute atomic E-state index is 0.0653. The Kier molecular flexibility index (Phi) is 5.46. The van der Waals surface area contributed by atoms with Crippen molar-refractivity contribution in [1.82, 2.24) is 14.9 Å². The summed E-state index contributed by atoms with van der Waals surface area (Å²) in [6.45, 7) is 3.81. The van der Waals surface area contributed by atoms with Gasteiger partial charge in [0, 0.05) is 11.1 Å². The van der Waals surface area contributed by atoms with Crippen LogP contribution >= 0.6 is 34.7 Å². The normalized spacial score (nSPS) is 11.2. The third-order valence-corrected chi connectivity index (χ3v) is 5.36. The Morgan fingerprint density at radius 3 is 2.92 bits per heavy atom. The van der Waals surface area contributed by atoms with Crippen molar-refractivity contribution < 1.29 is 4.79 Å². The summed E-state index contributed by atoms with van der Waals surface area (Å²) in [5, 5.41) is 5.67. The Morgan fingerprint density at radius 1 is 1.40 bits per heavy atom. The molecule has 25 heavy (non-hydrogen) atoms. The lowest BCUT2D eigenvalue weighted by Crippen LogP contribution is -2.31. The van der Waals surface area contributed by atoms with Crippen LogP contribution in [0.2, 0.25) is 5.02 Å². The number of aromatic nitrogens is 2. The summed E-state index contributed by atoms with van der Waals surface area (Å²) in [4.78, 5) is 29.4. The number of halogens is 1. The van der Waals surface area contributed by atoms with Gasteiger partial charge >= 0.3 is 0 Å². The molecule has 5 nitrogen and oxygen atoms in total. The number of amides is 1. The Bertz CT molecular complexity index is 981. The van der Waals surface area contributed by atoms with Crippen molar-refractivity contribution in [1.29, 1.82) is 0 Å². The molecule has 0 unspecified atom stereocenters. The number of hydrogen-bond donors (Lipinski definition) is 1. The molecule has 0 bridgehead atoms. The largest absolute Gasteiger partial charge is 0.353 e. The van der Waals surface area contributed by atoms with E-state index in [4.69, 9.17) is 11.6 Å². The summed E-state index contributed by atoms with van der Waals surface area (Å²) in [5.41, 5.74) is 1.11. The van der Waals surface area contributed by atoms with Crippen LogP contribution < -0.4 is 10.9 Å². The van der Waals surface area contributed by atoms with E-state index < -0.39 is 0 Å². The molecule has 3 aromatic rings. The van der Waals surface area contributed by atoms with Crippen molar-refractivity contribution in [3.05, 3.63) is 51.1 Å². The van der Waals surface area contributed by atoms with E-state index >= 15 is 0 Å². The second kappa shape index (κ2) is 7.59. The smallest absolute Gasteiger partial charge is 0.276 e. The maximum Gasteiger partial charge on any atom is 0.276 e. The first kappa shape index (κ1) is 18.0. The molecule has 0 aliphatic carbocycles. The molecular formula is C17H16ClN3O2S2. The van der Waals surface area contributed by atoms with Crippen LogP contribution in [0.1, 0.15) is 13.8 Å². The Labute approximate surface area is 158 Å². The SMILES string of the molecule is CC(C)NC(=O)CSc1nc2ccsc2c(=O)n1-c1cccc(Cl)c1. The minimum Gasteiger partial charge on any atom is -0.353 e. The van der Waals surface area contributed by atoms with Gasteiger partial charge in [-0.3, -0.25) is 14.2 Å². The van der Waals surface area contributed by atoms with Crippen LogP contribution in [0, 0.1) is 0 Å². The molecular weight excluding hydrogens is 378 g/mol. The zero-order valence-corrected chi connectivity index (χ0v) is 16.0. The maximum absolute atomic E-state index is 12.9. The molecule has 0 spiro atoms. The Hall–Kier alpha value is -1.83. The summed E-state index contributed by atoms with van der Waals surface area (Å²) in [6.07, 6.45) is 0. The van der Waals surface area contributed by atoms with E-state index in [-0.39, 0.29) is 23.3 Å². The van der Waals surface area contributed by atoms with Gasteiger partial charge in [-0.05, 0) is 43.5 Å². The summed E-state index contributed by atoms with van der Waals surface area (Å²) in [5.74, 6) is 0.0817. The van der Waals surface area contributed by atoms with E-state index in [0.717, 1.165) is 0 Å². The average Bonchev–Trinajstić information content (AvgIpc) is 3.01. The van der Waals surface area contributed by atoms with Gasteiger partial charge in [0.15, 0.2) is 5.16 Å². The van der Waals surface area contributed by atoms with Crippen molar-refractivity contribution in [2.75, 3.05) is 5.75 Å². The Balaban J connectivity index is 2.05. The highest BCUT2D eigenvalue weighted by Crippen LogP contribution is 2.24. The van der Waals surface area contributed by atoms with Crippen LogP contribution in [0.3, 0.4) is 0 Å². The van der Waals surface area contributed by atoms with E-state index in [2.05, 4.69) is 10.3 Å². The average molecular weight is 394 g/mol. The molecule has 0 saturated carbocycles. The van der Waals surface area contributed by atoms with E-state index in [9.17, 15) is 9.59 Å². The highest BCUT2D eigenvalue weighted by Gasteiger charge is 2.16. The third-order valence-electron chi connectivity index (χ3n) is 3.30. The number of benzene rings is 1. The van der Waals surface area contributed by atoms with Crippen molar-refractivity contribution in [3.8, 4) is 5.69 Å². The fourth-order valence-electron chi connectivity index (χ4n) is 2.33. The first-order valence-corrected chi connectivity index (χ1v) is 9.88. The fourth-order valence-corrected chi connectivity index (χ4v) is 4.09. The zero-order valence-electron chi connectivity index (χ0n) is 13.7. The number of nitrogens with one attached hydrogen (secondary N) is 1. The molecule has 1 aromatic carbocycles. The summed E-state index contributed by atoms with van der Waals surface area (Å²) < 4.78 is 2.09. The van der Waals surface area contributed by atoms with Gasteiger partial charge < -0.3 is 5.32 Å². The van der Waals surface area contributed by atoms with Crippen molar-refractivity contribution in [2.24, 2.45) is 0 Å². The molecule has 0 saturated heterocycles.